The molecule has 14 heteroatoms. The Labute approximate surface area is 218 Å². The number of halogens is 3. The minimum absolute atomic E-state index is 0.00916. The van der Waals surface area contributed by atoms with E-state index in [1.165, 1.54) is 53.1 Å². The Balaban J connectivity index is 1.34. The molecule has 6 N–H and O–H groups in total. The van der Waals surface area contributed by atoms with Crippen molar-refractivity contribution in [2.24, 2.45) is 17.5 Å². The highest BCUT2D eigenvalue weighted by Gasteiger charge is 2.31. The SMILES string of the molecule is N/C(=C\N(N)CCCCn1cc(C(=O)NCc2cccc(OC(F)(F)F)c2)nn1)NC(=O)CC1CCCC1. The summed E-state index contributed by atoms with van der Waals surface area (Å²) >= 11 is 0. The van der Waals surface area contributed by atoms with Crippen molar-refractivity contribution in [2.75, 3.05) is 6.54 Å². The van der Waals surface area contributed by atoms with Gasteiger partial charge in [0.1, 0.15) is 11.6 Å². The lowest BCUT2D eigenvalue weighted by Gasteiger charge is -2.15. The van der Waals surface area contributed by atoms with Gasteiger partial charge in [-0.1, -0.05) is 30.2 Å². The zero-order chi connectivity index (χ0) is 27.5. The molecule has 1 aromatic heterocycles. The quantitative estimate of drug-likeness (QED) is 0.172. The van der Waals surface area contributed by atoms with Gasteiger partial charge in [-0.3, -0.25) is 14.3 Å². The van der Waals surface area contributed by atoms with Crippen LogP contribution >= 0.6 is 0 Å². The summed E-state index contributed by atoms with van der Waals surface area (Å²) in [6, 6.07) is 5.33. The molecule has 0 spiro atoms. The van der Waals surface area contributed by atoms with E-state index in [-0.39, 0.29) is 29.7 Å². The summed E-state index contributed by atoms with van der Waals surface area (Å²) in [4.78, 5) is 24.4. The molecule has 1 aromatic carbocycles. The fraction of sp³-hybridized carbons (Fsp3) is 0.500. The van der Waals surface area contributed by atoms with Gasteiger partial charge in [-0.2, -0.15) is 0 Å². The number of nitrogens with zero attached hydrogens (tertiary/aromatic N) is 4. The lowest BCUT2D eigenvalue weighted by molar-refractivity contribution is -0.274. The lowest BCUT2D eigenvalue weighted by atomic mass is 10.0. The van der Waals surface area contributed by atoms with Crippen molar-refractivity contribution in [2.45, 2.75) is 64.4 Å². The molecule has 1 aliphatic rings. The van der Waals surface area contributed by atoms with Gasteiger partial charge in [0.15, 0.2) is 5.69 Å². The number of aryl methyl sites for hydroxylation is 1. The minimum Gasteiger partial charge on any atom is -0.406 e. The number of carbonyl (C=O) groups is 2. The van der Waals surface area contributed by atoms with Gasteiger partial charge in [-0.25, -0.2) is 5.84 Å². The standard InChI is InChI=1S/C24H33F3N8O3/c25-24(26,27)38-19-9-5-8-18(12-19)14-30-23(37)20-15-35(33-32-20)11-4-3-10-34(29)16-21(28)31-22(36)13-17-6-1-2-7-17/h5,8-9,12,15-17H,1-4,6-7,10-11,13-14,28-29H2,(H,30,37)(H,31,36)/b21-16+. The number of benzene rings is 1. The first kappa shape index (κ1) is 28.8. The molecule has 3 rings (SSSR count). The topological polar surface area (TPSA) is 153 Å². The third-order valence-electron chi connectivity index (χ3n) is 5.95. The van der Waals surface area contributed by atoms with E-state index in [2.05, 4.69) is 25.7 Å². The van der Waals surface area contributed by atoms with Crippen LogP contribution in [0.3, 0.4) is 0 Å². The molecule has 208 valence electrons. The zero-order valence-corrected chi connectivity index (χ0v) is 20.9. The molecular formula is C24H33F3N8O3. The number of carbonyl (C=O) groups excluding carboxylic acids is 2. The maximum absolute atomic E-state index is 12.4. The van der Waals surface area contributed by atoms with Crippen LogP contribution < -0.4 is 26.9 Å². The highest BCUT2D eigenvalue weighted by molar-refractivity contribution is 5.91. The highest BCUT2D eigenvalue weighted by atomic mass is 19.4. The maximum Gasteiger partial charge on any atom is 0.573 e. The van der Waals surface area contributed by atoms with E-state index in [0.29, 0.717) is 43.8 Å². The van der Waals surface area contributed by atoms with Crippen molar-refractivity contribution >= 4 is 11.8 Å². The number of nitrogens with one attached hydrogen (secondary N) is 2. The summed E-state index contributed by atoms with van der Waals surface area (Å²) in [7, 11) is 0. The molecular weight excluding hydrogens is 505 g/mol. The molecule has 0 unspecified atom stereocenters. The molecule has 1 aliphatic carbocycles. The van der Waals surface area contributed by atoms with Crippen LogP contribution in [0, 0.1) is 5.92 Å². The molecule has 11 nitrogen and oxygen atoms in total. The Morgan fingerprint density at radius 3 is 2.74 bits per heavy atom. The number of rotatable bonds is 13. The normalized spacial score (nSPS) is 14.4. The summed E-state index contributed by atoms with van der Waals surface area (Å²) in [5, 5.41) is 14.4. The van der Waals surface area contributed by atoms with Crippen LogP contribution in [0.4, 0.5) is 13.2 Å². The average molecular weight is 539 g/mol. The summed E-state index contributed by atoms with van der Waals surface area (Å²) in [6.45, 7) is 0.964. The van der Waals surface area contributed by atoms with E-state index < -0.39 is 12.3 Å². The Kier molecular flexibility index (Phi) is 10.3. The van der Waals surface area contributed by atoms with Gasteiger partial charge in [0, 0.05) is 26.1 Å². The van der Waals surface area contributed by atoms with Crippen molar-refractivity contribution in [3.8, 4) is 5.75 Å². The van der Waals surface area contributed by atoms with Gasteiger partial charge < -0.3 is 26.1 Å². The van der Waals surface area contributed by atoms with Gasteiger partial charge in [-0.15, -0.1) is 18.3 Å². The van der Waals surface area contributed by atoms with Gasteiger partial charge in [0.25, 0.3) is 5.91 Å². The number of aromatic nitrogens is 3. The number of unbranched alkanes of at least 4 members (excludes halogenated alkanes) is 1. The first-order valence-electron chi connectivity index (χ1n) is 12.4. The van der Waals surface area contributed by atoms with E-state index >= 15 is 0 Å². The Hall–Kier alpha value is -3.81. The number of hydrazine groups is 1. The fourth-order valence-electron chi connectivity index (χ4n) is 4.17. The van der Waals surface area contributed by atoms with Crippen LogP contribution in [0.2, 0.25) is 0 Å². The van der Waals surface area contributed by atoms with E-state index in [9.17, 15) is 22.8 Å². The van der Waals surface area contributed by atoms with Crippen molar-refractivity contribution < 1.29 is 27.5 Å². The summed E-state index contributed by atoms with van der Waals surface area (Å²) in [5.74, 6) is 5.58. The largest absolute Gasteiger partial charge is 0.573 e. The van der Waals surface area contributed by atoms with Gasteiger partial charge >= 0.3 is 6.36 Å². The van der Waals surface area contributed by atoms with Crippen LogP contribution in [0.15, 0.2) is 42.5 Å². The number of hydrogen-bond acceptors (Lipinski definition) is 8. The smallest absolute Gasteiger partial charge is 0.406 e. The predicted molar refractivity (Wildman–Crippen MR) is 131 cm³/mol. The molecule has 1 saturated carbocycles. The lowest BCUT2D eigenvalue weighted by Crippen LogP contribution is -2.34. The number of ether oxygens (including phenoxy) is 1. The average Bonchev–Trinajstić information content (AvgIpc) is 3.51. The second-order valence-corrected chi connectivity index (χ2v) is 9.18. The van der Waals surface area contributed by atoms with Crippen molar-refractivity contribution in [3.63, 3.8) is 0 Å². The second kappa shape index (κ2) is 13.7. The van der Waals surface area contributed by atoms with Crippen molar-refractivity contribution in [3.05, 3.63) is 53.7 Å². The number of amides is 2. The molecule has 0 bridgehead atoms. The van der Waals surface area contributed by atoms with E-state index in [1.54, 1.807) is 6.07 Å². The maximum atomic E-state index is 12.4. The van der Waals surface area contributed by atoms with E-state index in [4.69, 9.17) is 11.6 Å². The molecule has 1 heterocycles. The van der Waals surface area contributed by atoms with Crippen LogP contribution in [-0.4, -0.2) is 44.7 Å². The Morgan fingerprint density at radius 1 is 1.24 bits per heavy atom. The molecule has 0 atom stereocenters. The summed E-state index contributed by atoms with van der Waals surface area (Å²) in [6.07, 6.45) is 4.52. The fourth-order valence-corrected chi connectivity index (χ4v) is 4.17. The predicted octanol–water partition coefficient (Wildman–Crippen LogP) is 2.52. The minimum atomic E-state index is -4.79. The van der Waals surface area contributed by atoms with Gasteiger partial charge in [-0.05, 0) is 49.3 Å². The van der Waals surface area contributed by atoms with Crippen LogP contribution in [0.25, 0.3) is 0 Å². The Bertz CT molecular complexity index is 1100. The third kappa shape index (κ3) is 10.3. The molecule has 2 aromatic rings. The molecule has 0 radical (unpaired) electrons. The first-order chi connectivity index (χ1) is 18.1. The molecule has 1 fully saturated rings. The van der Waals surface area contributed by atoms with E-state index in [0.717, 1.165) is 12.8 Å². The third-order valence-corrected chi connectivity index (χ3v) is 5.95. The van der Waals surface area contributed by atoms with Crippen LogP contribution in [0.5, 0.6) is 5.75 Å². The summed E-state index contributed by atoms with van der Waals surface area (Å²) < 4.78 is 42.5. The van der Waals surface area contributed by atoms with Crippen LogP contribution in [0.1, 0.15) is 61.0 Å². The number of hydrogen-bond donors (Lipinski definition) is 4. The summed E-state index contributed by atoms with van der Waals surface area (Å²) in [5.41, 5.74) is 6.38. The molecule has 2 amide bonds. The first-order valence-corrected chi connectivity index (χ1v) is 12.4. The molecule has 38 heavy (non-hydrogen) atoms. The van der Waals surface area contributed by atoms with E-state index in [1.807, 2.05) is 0 Å². The van der Waals surface area contributed by atoms with Gasteiger partial charge in [0.2, 0.25) is 5.91 Å². The van der Waals surface area contributed by atoms with Crippen molar-refractivity contribution in [1.82, 2.24) is 30.6 Å². The Morgan fingerprint density at radius 2 is 2.00 bits per heavy atom. The van der Waals surface area contributed by atoms with Crippen LogP contribution in [-0.2, 0) is 17.9 Å². The van der Waals surface area contributed by atoms with Crippen molar-refractivity contribution in [1.29, 1.82) is 0 Å². The number of alkyl halides is 3. The zero-order valence-electron chi connectivity index (χ0n) is 20.9. The number of nitrogens with two attached hydrogens (primary N) is 2. The molecule has 0 aliphatic heterocycles. The monoisotopic (exact) mass is 538 g/mol. The second-order valence-electron chi connectivity index (χ2n) is 9.18. The highest BCUT2D eigenvalue weighted by Crippen LogP contribution is 2.27. The molecule has 0 saturated heterocycles. The van der Waals surface area contributed by atoms with Gasteiger partial charge in [0.05, 0.1) is 12.4 Å².